The van der Waals surface area contributed by atoms with Gasteiger partial charge in [0.2, 0.25) is 5.82 Å². The first-order valence-corrected chi connectivity index (χ1v) is 16.0. The van der Waals surface area contributed by atoms with E-state index in [9.17, 15) is 4.39 Å². The average molecular weight is 577 g/mol. The molecule has 4 rings (SSSR count). The van der Waals surface area contributed by atoms with Crippen LogP contribution in [0.25, 0.3) is 17.0 Å². The summed E-state index contributed by atoms with van der Waals surface area (Å²) < 4.78 is 15.8. The standard InChI is InChI=1S/C18H15FN6.C12H26.C5H12/c1-2-12-7-10-25-16(12)18(22-14-6-9-20-11-13(14)19)23-17(24-25)15-5-3-4-8-21-15;1-4-7-8-11-12(9-5-2)10-6-3;1-4-5(2)3/h3-11H,2H2,1H3,(H,20,22,23,24);12H,4-11H2,1-3H3;5H,4H2,1-3H3. The zero-order chi connectivity index (χ0) is 30.7. The molecule has 0 aliphatic heterocycles. The van der Waals surface area contributed by atoms with Crippen molar-refractivity contribution in [3.05, 3.63) is 66.5 Å². The predicted octanol–water partition coefficient (Wildman–Crippen LogP) is 10.5. The first-order valence-electron chi connectivity index (χ1n) is 16.0. The molecule has 0 bridgehead atoms. The molecule has 0 unspecified atom stereocenters. The molecule has 0 aromatic carbocycles. The molecule has 42 heavy (non-hydrogen) atoms. The molecule has 0 saturated carbocycles. The van der Waals surface area contributed by atoms with Crippen LogP contribution in [-0.4, -0.2) is 24.6 Å². The molecule has 4 aromatic rings. The van der Waals surface area contributed by atoms with Crippen LogP contribution < -0.4 is 5.32 Å². The Morgan fingerprint density at radius 1 is 0.881 bits per heavy atom. The van der Waals surface area contributed by atoms with Crippen molar-refractivity contribution in [2.45, 2.75) is 113 Å². The lowest BCUT2D eigenvalue weighted by Gasteiger charge is -2.14. The summed E-state index contributed by atoms with van der Waals surface area (Å²) in [6.45, 7) is 15.6. The van der Waals surface area contributed by atoms with E-state index in [1.165, 1.54) is 70.2 Å². The van der Waals surface area contributed by atoms with Crippen molar-refractivity contribution in [2.75, 3.05) is 5.32 Å². The Labute approximate surface area is 253 Å². The van der Waals surface area contributed by atoms with E-state index in [0.29, 0.717) is 23.0 Å². The second-order valence-corrected chi connectivity index (χ2v) is 11.2. The number of aromatic nitrogens is 5. The summed E-state index contributed by atoms with van der Waals surface area (Å²) in [6, 6.07) is 9.10. The molecule has 230 valence electrons. The van der Waals surface area contributed by atoms with Gasteiger partial charge in [-0.3, -0.25) is 9.97 Å². The Balaban J connectivity index is 0.000000304. The molecular weight excluding hydrogens is 523 g/mol. The number of nitrogens with one attached hydrogen (secondary N) is 1. The topological polar surface area (TPSA) is 68.0 Å². The number of fused-ring (bicyclic) bond motifs is 1. The second-order valence-electron chi connectivity index (χ2n) is 11.2. The highest BCUT2D eigenvalue weighted by molar-refractivity contribution is 5.78. The van der Waals surface area contributed by atoms with Gasteiger partial charge in [0.25, 0.3) is 0 Å². The molecule has 0 spiro atoms. The number of aryl methyl sites for hydroxylation is 1. The van der Waals surface area contributed by atoms with Gasteiger partial charge in [-0.1, -0.05) is 112 Å². The highest BCUT2D eigenvalue weighted by Gasteiger charge is 2.15. The summed E-state index contributed by atoms with van der Waals surface area (Å²) in [5, 5.41) is 7.61. The van der Waals surface area contributed by atoms with E-state index in [1.807, 2.05) is 30.5 Å². The Morgan fingerprint density at radius 2 is 1.62 bits per heavy atom. The molecule has 0 radical (unpaired) electrons. The zero-order valence-electron chi connectivity index (χ0n) is 27.0. The van der Waals surface area contributed by atoms with Gasteiger partial charge in [0.05, 0.1) is 11.9 Å². The molecule has 0 atom stereocenters. The molecule has 0 fully saturated rings. The van der Waals surface area contributed by atoms with Crippen LogP contribution in [0, 0.1) is 17.7 Å². The van der Waals surface area contributed by atoms with Crippen LogP contribution in [0.5, 0.6) is 0 Å². The van der Waals surface area contributed by atoms with Crippen LogP contribution in [0.4, 0.5) is 15.9 Å². The Kier molecular flexibility index (Phi) is 16.4. The number of anilines is 2. The minimum absolute atomic E-state index is 0.311. The van der Waals surface area contributed by atoms with Gasteiger partial charge in [-0.05, 0) is 48.1 Å². The predicted molar refractivity (Wildman–Crippen MR) is 176 cm³/mol. The van der Waals surface area contributed by atoms with Gasteiger partial charge >= 0.3 is 0 Å². The number of rotatable bonds is 13. The molecule has 0 aliphatic carbocycles. The molecule has 0 amide bonds. The summed E-state index contributed by atoms with van der Waals surface area (Å²) in [5.74, 6) is 2.47. The normalized spacial score (nSPS) is 10.8. The summed E-state index contributed by atoms with van der Waals surface area (Å²) in [5.41, 5.74) is 2.85. The van der Waals surface area contributed by atoms with E-state index >= 15 is 0 Å². The number of hydrogen-bond acceptors (Lipinski definition) is 5. The van der Waals surface area contributed by atoms with Crippen molar-refractivity contribution in [3.63, 3.8) is 0 Å². The van der Waals surface area contributed by atoms with Crippen molar-refractivity contribution < 1.29 is 4.39 Å². The Hall–Kier alpha value is -3.35. The minimum Gasteiger partial charge on any atom is -0.336 e. The van der Waals surface area contributed by atoms with Crippen LogP contribution in [0.1, 0.15) is 112 Å². The van der Waals surface area contributed by atoms with Crippen molar-refractivity contribution in [1.82, 2.24) is 24.6 Å². The van der Waals surface area contributed by atoms with E-state index in [1.54, 1.807) is 16.8 Å². The fourth-order valence-corrected chi connectivity index (χ4v) is 4.60. The molecule has 1 N–H and O–H groups in total. The van der Waals surface area contributed by atoms with Crippen LogP contribution >= 0.6 is 0 Å². The van der Waals surface area contributed by atoms with Gasteiger partial charge in [0.15, 0.2) is 11.6 Å². The smallest absolute Gasteiger partial charge is 0.200 e. The van der Waals surface area contributed by atoms with E-state index in [2.05, 4.69) is 73.8 Å². The first-order chi connectivity index (χ1) is 20.4. The number of nitrogens with zero attached hydrogens (tertiary/aromatic N) is 5. The highest BCUT2D eigenvalue weighted by Crippen LogP contribution is 2.27. The Bertz CT molecular complexity index is 1270. The van der Waals surface area contributed by atoms with Crippen LogP contribution in [0.15, 0.2) is 55.1 Å². The molecule has 4 heterocycles. The van der Waals surface area contributed by atoms with Crippen molar-refractivity contribution in [3.8, 4) is 11.5 Å². The molecule has 4 aromatic heterocycles. The van der Waals surface area contributed by atoms with E-state index in [4.69, 9.17) is 0 Å². The fourth-order valence-electron chi connectivity index (χ4n) is 4.60. The van der Waals surface area contributed by atoms with Gasteiger partial charge in [-0.25, -0.2) is 13.9 Å². The summed E-state index contributed by atoms with van der Waals surface area (Å²) >= 11 is 0. The second kappa shape index (κ2) is 19.7. The molecule has 0 saturated heterocycles. The summed E-state index contributed by atoms with van der Waals surface area (Å²) in [7, 11) is 0. The third kappa shape index (κ3) is 11.5. The number of pyridine rings is 2. The van der Waals surface area contributed by atoms with Crippen LogP contribution in [0.3, 0.4) is 0 Å². The number of unbranched alkanes of at least 4 members (excludes halogenated alkanes) is 2. The average Bonchev–Trinajstić information content (AvgIpc) is 3.43. The van der Waals surface area contributed by atoms with Gasteiger partial charge in [0.1, 0.15) is 11.2 Å². The lowest BCUT2D eigenvalue weighted by atomic mass is 9.92. The van der Waals surface area contributed by atoms with Crippen molar-refractivity contribution in [1.29, 1.82) is 0 Å². The van der Waals surface area contributed by atoms with Crippen LogP contribution in [0.2, 0.25) is 0 Å². The lowest BCUT2D eigenvalue weighted by molar-refractivity contribution is 0.394. The minimum atomic E-state index is -0.441. The van der Waals surface area contributed by atoms with Gasteiger partial charge in [-0.15, -0.1) is 5.10 Å². The highest BCUT2D eigenvalue weighted by atomic mass is 19.1. The van der Waals surface area contributed by atoms with Crippen LogP contribution in [-0.2, 0) is 6.42 Å². The largest absolute Gasteiger partial charge is 0.336 e. The fraction of sp³-hybridized carbons (Fsp3) is 0.543. The number of hydrogen-bond donors (Lipinski definition) is 1. The zero-order valence-corrected chi connectivity index (χ0v) is 27.0. The van der Waals surface area contributed by atoms with Gasteiger partial charge < -0.3 is 5.32 Å². The maximum absolute atomic E-state index is 14.0. The SMILES string of the molecule is CCC(C)C.CCCCCC(CCC)CCC.CCc1ccn2nc(-c3ccccn3)nc(Nc3ccncc3F)c12. The summed E-state index contributed by atoms with van der Waals surface area (Å²) in [4.78, 5) is 12.7. The van der Waals surface area contributed by atoms with E-state index in [-0.39, 0.29) is 0 Å². The quantitative estimate of drug-likeness (QED) is 0.160. The first kappa shape index (κ1) is 34.8. The third-order valence-corrected chi connectivity index (χ3v) is 7.32. The van der Waals surface area contributed by atoms with E-state index < -0.39 is 5.82 Å². The lowest BCUT2D eigenvalue weighted by Crippen LogP contribution is -2.05. The van der Waals surface area contributed by atoms with Gasteiger partial charge in [-0.2, -0.15) is 0 Å². The molecule has 7 heteroatoms. The molecule has 6 nitrogen and oxygen atoms in total. The van der Waals surface area contributed by atoms with E-state index in [0.717, 1.165) is 29.3 Å². The van der Waals surface area contributed by atoms with Gasteiger partial charge in [0, 0.05) is 18.6 Å². The number of halogens is 1. The van der Waals surface area contributed by atoms with Crippen molar-refractivity contribution in [2.24, 2.45) is 11.8 Å². The third-order valence-electron chi connectivity index (χ3n) is 7.32. The molecular formula is C35H53FN6. The maximum atomic E-state index is 14.0. The monoisotopic (exact) mass is 576 g/mol. The maximum Gasteiger partial charge on any atom is 0.200 e. The van der Waals surface area contributed by atoms with Crippen molar-refractivity contribution >= 4 is 17.0 Å². The summed E-state index contributed by atoms with van der Waals surface area (Å²) in [6.07, 6.45) is 19.8. The molecule has 0 aliphatic rings. The Morgan fingerprint density at radius 3 is 2.19 bits per heavy atom.